The highest BCUT2D eigenvalue weighted by Crippen LogP contribution is 2.26. The highest BCUT2D eigenvalue weighted by Gasteiger charge is 2.23. The van der Waals surface area contributed by atoms with Crippen molar-refractivity contribution in [1.29, 1.82) is 0 Å². The van der Waals surface area contributed by atoms with E-state index in [2.05, 4.69) is 34.4 Å². The highest BCUT2D eigenvalue weighted by molar-refractivity contribution is 7.80. The molecule has 144 valence electrons. The number of aryl methyl sites for hydroxylation is 1. The van der Waals surface area contributed by atoms with Gasteiger partial charge in [0.05, 0.1) is 0 Å². The number of hydrogen-bond donors (Lipinski definition) is 2. The van der Waals surface area contributed by atoms with E-state index in [0.29, 0.717) is 29.4 Å². The second-order valence-corrected chi connectivity index (χ2v) is 8.32. The lowest BCUT2D eigenvalue weighted by Crippen LogP contribution is -2.39. The lowest BCUT2D eigenvalue weighted by molar-refractivity contribution is 0.355. The normalized spacial score (nSPS) is 19.6. The second kappa shape index (κ2) is 8.85. The predicted octanol–water partition coefficient (Wildman–Crippen LogP) is 4.41. The van der Waals surface area contributed by atoms with Crippen molar-refractivity contribution in [2.24, 2.45) is 11.8 Å². The molecule has 1 aliphatic heterocycles. The largest absolute Gasteiger partial charge is 0.358 e. The molecule has 1 saturated heterocycles. The van der Waals surface area contributed by atoms with Gasteiger partial charge in [0.2, 0.25) is 5.95 Å². The quantitative estimate of drug-likeness (QED) is 0.737. The first kappa shape index (κ1) is 19.8. The number of thiocarbonyl (C=S) groups is 1. The SMILES string of the molecule is Cc1cc(N2C[C@H](C)C[C@H](C)C2)nc(NC(=S)NCc2ccc(Cl)cc2)n1. The van der Waals surface area contributed by atoms with Crippen LogP contribution in [0.1, 0.15) is 31.5 Å². The molecule has 1 aromatic carbocycles. The van der Waals surface area contributed by atoms with Gasteiger partial charge in [-0.1, -0.05) is 37.6 Å². The number of hydrogen-bond acceptors (Lipinski definition) is 4. The van der Waals surface area contributed by atoms with Crippen molar-refractivity contribution in [2.75, 3.05) is 23.3 Å². The molecule has 0 unspecified atom stereocenters. The topological polar surface area (TPSA) is 53.1 Å². The van der Waals surface area contributed by atoms with E-state index >= 15 is 0 Å². The molecule has 2 heterocycles. The molecule has 0 amide bonds. The Bertz CT molecular complexity index is 785. The molecule has 0 spiro atoms. The van der Waals surface area contributed by atoms with Gasteiger partial charge >= 0.3 is 0 Å². The third kappa shape index (κ3) is 5.78. The number of halogens is 1. The van der Waals surface area contributed by atoms with Crippen molar-refractivity contribution in [3.05, 3.63) is 46.6 Å². The van der Waals surface area contributed by atoms with Gasteiger partial charge in [-0.2, -0.15) is 4.98 Å². The summed E-state index contributed by atoms with van der Waals surface area (Å²) in [5, 5.41) is 7.52. The summed E-state index contributed by atoms with van der Waals surface area (Å²) in [4.78, 5) is 11.5. The van der Waals surface area contributed by atoms with Gasteiger partial charge in [-0.05, 0) is 55.1 Å². The fourth-order valence-corrected chi connectivity index (χ4v) is 3.84. The van der Waals surface area contributed by atoms with Crippen LogP contribution in [0.4, 0.5) is 11.8 Å². The molecule has 1 aromatic heterocycles. The van der Waals surface area contributed by atoms with Crippen LogP contribution in [-0.2, 0) is 6.54 Å². The van der Waals surface area contributed by atoms with E-state index in [1.807, 2.05) is 37.3 Å². The van der Waals surface area contributed by atoms with Gasteiger partial charge in [0, 0.05) is 36.4 Å². The Hall–Kier alpha value is -1.92. The van der Waals surface area contributed by atoms with Crippen LogP contribution in [0.2, 0.25) is 5.02 Å². The Kier molecular flexibility index (Phi) is 6.50. The molecule has 0 aliphatic carbocycles. The first-order valence-corrected chi connectivity index (χ1v) is 10.1. The van der Waals surface area contributed by atoms with Crippen LogP contribution in [-0.4, -0.2) is 28.2 Å². The zero-order valence-electron chi connectivity index (χ0n) is 16.0. The Balaban J connectivity index is 1.63. The molecule has 0 radical (unpaired) electrons. The lowest BCUT2D eigenvalue weighted by Gasteiger charge is -2.36. The zero-order chi connectivity index (χ0) is 19.4. The molecule has 1 aliphatic rings. The number of piperidine rings is 1. The van der Waals surface area contributed by atoms with Crippen LogP contribution >= 0.6 is 23.8 Å². The van der Waals surface area contributed by atoms with Gasteiger partial charge in [0.25, 0.3) is 0 Å². The standard InChI is InChI=1S/C20H26ClN5S/c1-13-8-14(2)12-26(11-13)18-9-15(3)23-19(24-18)25-20(27)22-10-16-4-6-17(21)7-5-16/h4-7,9,13-14H,8,10-12H2,1-3H3,(H2,22,23,24,25,27)/t13-,14+. The maximum absolute atomic E-state index is 5.91. The van der Waals surface area contributed by atoms with Crippen molar-refractivity contribution < 1.29 is 0 Å². The number of nitrogens with one attached hydrogen (secondary N) is 2. The molecule has 0 bridgehead atoms. The minimum Gasteiger partial charge on any atom is -0.358 e. The fraction of sp³-hybridized carbons (Fsp3) is 0.450. The van der Waals surface area contributed by atoms with E-state index < -0.39 is 0 Å². The molecular weight excluding hydrogens is 378 g/mol. The summed E-state index contributed by atoms with van der Waals surface area (Å²) in [6, 6.07) is 9.72. The summed E-state index contributed by atoms with van der Waals surface area (Å²) < 4.78 is 0. The second-order valence-electron chi connectivity index (χ2n) is 7.48. The molecule has 2 aromatic rings. The number of benzene rings is 1. The minimum atomic E-state index is 0.502. The summed E-state index contributed by atoms with van der Waals surface area (Å²) in [6.07, 6.45) is 1.27. The molecule has 5 nitrogen and oxygen atoms in total. The Morgan fingerprint density at radius 3 is 2.52 bits per heavy atom. The van der Waals surface area contributed by atoms with E-state index in [9.17, 15) is 0 Å². The van der Waals surface area contributed by atoms with Crippen molar-refractivity contribution in [3.63, 3.8) is 0 Å². The fourth-order valence-electron chi connectivity index (χ4n) is 3.55. The maximum atomic E-state index is 5.91. The van der Waals surface area contributed by atoms with Crippen molar-refractivity contribution >= 4 is 40.7 Å². The van der Waals surface area contributed by atoms with E-state index in [1.54, 1.807) is 0 Å². The van der Waals surface area contributed by atoms with E-state index in [-0.39, 0.29) is 0 Å². The Labute approximate surface area is 171 Å². The average molecular weight is 404 g/mol. The smallest absolute Gasteiger partial charge is 0.231 e. The summed E-state index contributed by atoms with van der Waals surface area (Å²) in [5.41, 5.74) is 2.03. The Morgan fingerprint density at radius 1 is 1.19 bits per heavy atom. The van der Waals surface area contributed by atoms with Crippen LogP contribution in [0.15, 0.2) is 30.3 Å². The molecule has 1 fully saturated rings. The maximum Gasteiger partial charge on any atom is 0.231 e. The van der Waals surface area contributed by atoms with E-state index in [0.717, 1.165) is 35.2 Å². The molecule has 2 N–H and O–H groups in total. The zero-order valence-corrected chi connectivity index (χ0v) is 17.6. The van der Waals surface area contributed by atoms with Gasteiger partial charge in [0.15, 0.2) is 5.11 Å². The first-order valence-electron chi connectivity index (χ1n) is 9.29. The van der Waals surface area contributed by atoms with Crippen LogP contribution in [0, 0.1) is 18.8 Å². The van der Waals surface area contributed by atoms with Gasteiger partial charge < -0.3 is 15.5 Å². The average Bonchev–Trinajstić information content (AvgIpc) is 2.60. The van der Waals surface area contributed by atoms with Gasteiger partial charge in [-0.3, -0.25) is 0 Å². The van der Waals surface area contributed by atoms with E-state index in [1.165, 1.54) is 6.42 Å². The molecule has 0 saturated carbocycles. The number of rotatable bonds is 4. The number of nitrogens with zero attached hydrogens (tertiary/aromatic N) is 3. The van der Waals surface area contributed by atoms with Crippen molar-refractivity contribution in [2.45, 2.75) is 33.7 Å². The monoisotopic (exact) mass is 403 g/mol. The van der Waals surface area contributed by atoms with Crippen molar-refractivity contribution in [1.82, 2.24) is 15.3 Å². The minimum absolute atomic E-state index is 0.502. The number of aromatic nitrogens is 2. The van der Waals surface area contributed by atoms with E-state index in [4.69, 9.17) is 28.8 Å². The van der Waals surface area contributed by atoms with Crippen LogP contribution in [0.3, 0.4) is 0 Å². The summed E-state index contributed by atoms with van der Waals surface area (Å²) in [5.74, 6) is 2.83. The highest BCUT2D eigenvalue weighted by atomic mass is 35.5. The Morgan fingerprint density at radius 2 is 1.85 bits per heavy atom. The summed E-state index contributed by atoms with van der Waals surface area (Å²) in [7, 11) is 0. The molecule has 7 heteroatoms. The molecular formula is C20H26ClN5S. The van der Waals surface area contributed by atoms with Crippen LogP contribution < -0.4 is 15.5 Å². The third-order valence-corrected chi connectivity index (χ3v) is 5.12. The molecule has 27 heavy (non-hydrogen) atoms. The van der Waals surface area contributed by atoms with Crippen LogP contribution in [0.5, 0.6) is 0 Å². The predicted molar refractivity (Wildman–Crippen MR) is 116 cm³/mol. The molecule has 2 atom stereocenters. The van der Waals surface area contributed by atoms with Gasteiger partial charge in [0.1, 0.15) is 5.82 Å². The lowest BCUT2D eigenvalue weighted by atomic mass is 9.92. The third-order valence-electron chi connectivity index (χ3n) is 4.63. The van der Waals surface area contributed by atoms with Crippen LogP contribution in [0.25, 0.3) is 0 Å². The molecule has 3 rings (SSSR count). The van der Waals surface area contributed by atoms with Gasteiger partial charge in [-0.15, -0.1) is 0 Å². The van der Waals surface area contributed by atoms with Crippen molar-refractivity contribution in [3.8, 4) is 0 Å². The first-order chi connectivity index (χ1) is 12.9. The van der Waals surface area contributed by atoms with Gasteiger partial charge in [-0.25, -0.2) is 4.98 Å². The summed E-state index contributed by atoms with van der Waals surface area (Å²) >= 11 is 11.3. The summed E-state index contributed by atoms with van der Waals surface area (Å²) in [6.45, 7) is 9.25. The number of anilines is 2.